The Labute approximate surface area is 169 Å². The summed E-state index contributed by atoms with van der Waals surface area (Å²) >= 11 is 12.1. The first-order valence-electron chi connectivity index (χ1n) is 9.72. The number of unbranched alkanes of at least 4 members (excludes halogenated alkanes) is 6. The Morgan fingerprint density at radius 2 is 0.958 bits per heavy atom. The number of ether oxygens (including phenoxy) is 2. The van der Waals surface area contributed by atoms with E-state index in [9.17, 15) is 0 Å². The van der Waals surface area contributed by atoms with Crippen LogP contribution in [0.5, 0.6) is 0 Å². The molecule has 0 unspecified atom stereocenters. The standard InChI is InChI=1S/C9H20S.C7H16O2S.C3H8S/c1-2-3-4-5-6-7-8-9-10;1-2-3-8-4-5-9-6-7-10;1-2-3-4/h10H,2-9H2,1H3;10H,2-7H2,1H3;4H,2-3H2,1H3. The maximum atomic E-state index is 5.18. The van der Waals surface area contributed by atoms with Crippen LogP contribution in [0.1, 0.15) is 78.6 Å². The minimum absolute atomic E-state index is 0.695. The van der Waals surface area contributed by atoms with Gasteiger partial charge in [0.25, 0.3) is 0 Å². The van der Waals surface area contributed by atoms with Crippen LogP contribution in [-0.2, 0) is 9.47 Å². The number of hydrogen-bond donors (Lipinski definition) is 3. The Kier molecular flexibility index (Phi) is 43.5. The van der Waals surface area contributed by atoms with Crippen molar-refractivity contribution < 1.29 is 9.47 Å². The number of thiol groups is 3. The molecule has 0 atom stereocenters. The van der Waals surface area contributed by atoms with Crippen molar-refractivity contribution in [3.05, 3.63) is 0 Å². The highest BCUT2D eigenvalue weighted by atomic mass is 32.1. The Balaban J connectivity index is -0.000000301. The third-order valence-electron chi connectivity index (χ3n) is 2.94. The Morgan fingerprint density at radius 3 is 1.38 bits per heavy atom. The second-order valence-corrected chi connectivity index (χ2v) is 6.86. The molecule has 0 aliphatic rings. The predicted molar refractivity (Wildman–Crippen MR) is 122 cm³/mol. The van der Waals surface area contributed by atoms with Gasteiger partial charge in [0.1, 0.15) is 0 Å². The molecule has 0 saturated carbocycles. The molecule has 0 rings (SSSR count). The van der Waals surface area contributed by atoms with E-state index in [0.29, 0.717) is 13.2 Å². The molecule has 0 radical (unpaired) electrons. The van der Waals surface area contributed by atoms with Gasteiger partial charge in [-0.2, -0.15) is 37.9 Å². The van der Waals surface area contributed by atoms with Crippen LogP contribution >= 0.6 is 37.9 Å². The highest BCUT2D eigenvalue weighted by Crippen LogP contribution is 2.06. The SMILES string of the molecule is CCCCCCCCCS.CCCOCCOCCS.CCCS. The van der Waals surface area contributed by atoms with Crippen molar-refractivity contribution in [3.63, 3.8) is 0 Å². The van der Waals surface area contributed by atoms with E-state index in [0.717, 1.165) is 36.9 Å². The smallest absolute Gasteiger partial charge is 0.0700 e. The molecule has 0 aromatic rings. The van der Waals surface area contributed by atoms with Crippen LogP contribution in [0, 0.1) is 0 Å². The second-order valence-electron chi connectivity index (χ2n) is 5.52. The largest absolute Gasteiger partial charge is 0.379 e. The minimum atomic E-state index is 0.695. The van der Waals surface area contributed by atoms with Crippen LogP contribution in [0.25, 0.3) is 0 Å². The van der Waals surface area contributed by atoms with Gasteiger partial charge in [0, 0.05) is 12.4 Å². The molecule has 0 saturated heterocycles. The van der Waals surface area contributed by atoms with Crippen molar-refractivity contribution in [3.8, 4) is 0 Å². The molecule has 0 aliphatic heterocycles. The first-order chi connectivity index (χ1) is 11.7. The van der Waals surface area contributed by atoms with E-state index < -0.39 is 0 Å². The van der Waals surface area contributed by atoms with Crippen LogP contribution < -0.4 is 0 Å². The summed E-state index contributed by atoms with van der Waals surface area (Å²) in [5.41, 5.74) is 0. The fraction of sp³-hybridized carbons (Fsp3) is 1.00. The van der Waals surface area contributed by atoms with Crippen LogP contribution in [-0.4, -0.2) is 43.7 Å². The monoisotopic (exact) mass is 400 g/mol. The summed E-state index contributed by atoms with van der Waals surface area (Å²) in [4.78, 5) is 0. The van der Waals surface area contributed by atoms with Gasteiger partial charge in [-0.05, 0) is 30.8 Å². The molecule has 0 bridgehead atoms. The van der Waals surface area contributed by atoms with E-state index >= 15 is 0 Å². The molecule has 0 aromatic heterocycles. The Hall–Kier alpha value is 0.970. The quantitative estimate of drug-likeness (QED) is 0.220. The molecule has 0 heterocycles. The van der Waals surface area contributed by atoms with E-state index in [1.165, 1.54) is 51.4 Å². The zero-order valence-corrected chi connectivity index (χ0v) is 19.2. The van der Waals surface area contributed by atoms with Crippen LogP contribution in [0.4, 0.5) is 0 Å². The van der Waals surface area contributed by atoms with E-state index in [1.807, 2.05) is 0 Å². The molecule has 0 aromatic carbocycles. The van der Waals surface area contributed by atoms with Crippen molar-refractivity contribution in [2.75, 3.05) is 43.7 Å². The number of hydrogen-bond acceptors (Lipinski definition) is 5. The van der Waals surface area contributed by atoms with Gasteiger partial charge in [-0.3, -0.25) is 0 Å². The number of rotatable bonds is 15. The fourth-order valence-corrected chi connectivity index (χ4v) is 1.95. The first kappa shape index (κ1) is 29.7. The van der Waals surface area contributed by atoms with Gasteiger partial charge in [-0.25, -0.2) is 0 Å². The van der Waals surface area contributed by atoms with Gasteiger partial charge >= 0.3 is 0 Å². The molecule has 24 heavy (non-hydrogen) atoms. The zero-order valence-electron chi connectivity index (χ0n) is 16.5. The molecule has 5 heteroatoms. The molecule has 0 spiro atoms. The average Bonchev–Trinajstić information content (AvgIpc) is 2.62. The molecular formula is C19H44O2S3. The zero-order chi connectivity index (χ0) is 18.7. The lowest BCUT2D eigenvalue weighted by atomic mass is 10.1. The predicted octanol–water partition coefficient (Wildman–Crippen LogP) is 6.35. The first-order valence-corrected chi connectivity index (χ1v) is 11.6. The lowest BCUT2D eigenvalue weighted by Crippen LogP contribution is -2.06. The van der Waals surface area contributed by atoms with Crippen molar-refractivity contribution in [1.29, 1.82) is 0 Å². The van der Waals surface area contributed by atoms with Crippen molar-refractivity contribution in [2.45, 2.75) is 78.6 Å². The van der Waals surface area contributed by atoms with Crippen molar-refractivity contribution >= 4 is 37.9 Å². The summed E-state index contributed by atoms with van der Waals surface area (Å²) in [5.74, 6) is 2.86. The lowest BCUT2D eigenvalue weighted by Gasteiger charge is -2.02. The van der Waals surface area contributed by atoms with E-state index in [-0.39, 0.29) is 0 Å². The third kappa shape index (κ3) is 43.5. The van der Waals surface area contributed by atoms with Gasteiger partial charge in [-0.15, -0.1) is 0 Å². The molecule has 0 amide bonds. The summed E-state index contributed by atoms with van der Waals surface area (Å²) in [5, 5.41) is 0. The van der Waals surface area contributed by atoms with E-state index in [1.54, 1.807) is 0 Å². The highest BCUT2D eigenvalue weighted by Gasteiger charge is 1.88. The molecule has 2 nitrogen and oxygen atoms in total. The topological polar surface area (TPSA) is 18.5 Å². The van der Waals surface area contributed by atoms with Crippen molar-refractivity contribution in [2.24, 2.45) is 0 Å². The summed E-state index contributed by atoms with van der Waals surface area (Å²) in [6, 6.07) is 0. The molecular weight excluding hydrogens is 356 g/mol. The summed E-state index contributed by atoms with van der Waals surface area (Å²) < 4.78 is 10.3. The molecule has 150 valence electrons. The average molecular weight is 401 g/mol. The maximum absolute atomic E-state index is 5.18. The fourth-order valence-electron chi connectivity index (χ4n) is 1.60. The summed E-state index contributed by atoms with van der Waals surface area (Å²) in [6.45, 7) is 9.42. The summed E-state index contributed by atoms with van der Waals surface area (Å²) in [6.07, 6.45) is 12.0. The summed E-state index contributed by atoms with van der Waals surface area (Å²) in [7, 11) is 0. The van der Waals surface area contributed by atoms with E-state index in [4.69, 9.17) is 9.47 Å². The van der Waals surface area contributed by atoms with Gasteiger partial charge in [-0.1, -0.05) is 59.3 Å². The normalized spacial score (nSPS) is 9.75. The third-order valence-corrected chi connectivity index (χ3v) is 3.89. The van der Waals surface area contributed by atoms with Gasteiger partial charge in [0.2, 0.25) is 0 Å². The van der Waals surface area contributed by atoms with Crippen molar-refractivity contribution in [1.82, 2.24) is 0 Å². The highest BCUT2D eigenvalue weighted by molar-refractivity contribution is 7.80. The lowest BCUT2D eigenvalue weighted by molar-refractivity contribution is 0.0542. The van der Waals surface area contributed by atoms with Crippen LogP contribution in [0.15, 0.2) is 0 Å². The minimum Gasteiger partial charge on any atom is -0.379 e. The van der Waals surface area contributed by atoms with Crippen LogP contribution in [0.2, 0.25) is 0 Å². The second kappa shape index (κ2) is 35.1. The Bertz CT molecular complexity index is 139. The van der Waals surface area contributed by atoms with Gasteiger partial charge < -0.3 is 9.47 Å². The molecule has 0 aliphatic carbocycles. The molecule has 0 N–H and O–H groups in total. The molecule has 0 fully saturated rings. The van der Waals surface area contributed by atoms with Gasteiger partial charge in [0.05, 0.1) is 19.8 Å². The van der Waals surface area contributed by atoms with Crippen LogP contribution in [0.3, 0.4) is 0 Å². The maximum Gasteiger partial charge on any atom is 0.0700 e. The van der Waals surface area contributed by atoms with Gasteiger partial charge in [0.15, 0.2) is 0 Å². The van der Waals surface area contributed by atoms with E-state index in [2.05, 4.69) is 58.7 Å². The Morgan fingerprint density at radius 1 is 0.458 bits per heavy atom.